The molecule has 2 aliphatic rings. The van der Waals surface area contributed by atoms with E-state index in [-0.39, 0.29) is 17.7 Å². The highest BCUT2D eigenvalue weighted by Gasteiger charge is 2.30. The Morgan fingerprint density at radius 1 is 0.939 bits per heavy atom. The van der Waals surface area contributed by atoms with Crippen LogP contribution >= 0.6 is 0 Å². The minimum Gasteiger partial charge on any atom is -0.339 e. The first-order chi connectivity index (χ1) is 15.9. The second-order valence-electron chi connectivity index (χ2n) is 9.08. The fourth-order valence-corrected chi connectivity index (χ4v) is 4.91. The van der Waals surface area contributed by atoms with Crippen molar-refractivity contribution in [3.63, 3.8) is 0 Å². The van der Waals surface area contributed by atoms with Crippen molar-refractivity contribution in [2.24, 2.45) is 0 Å². The summed E-state index contributed by atoms with van der Waals surface area (Å²) in [5, 5.41) is 4.66. The summed E-state index contributed by atoms with van der Waals surface area (Å²) in [6, 6.07) is 1.80. The van der Waals surface area contributed by atoms with E-state index in [1.807, 2.05) is 30.6 Å². The Bertz CT molecular complexity index is 1230. The molecule has 5 heterocycles. The van der Waals surface area contributed by atoms with E-state index in [9.17, 15) is 9.59 Å². The molecule has 2 aliphatic heterocycles. The third-order valence-corrected chi connectivity index (χ3v) is 6.67. The van der Waals surface area contributed by atoms with Gasteiger partial charge in [0.05, 0.1) is 27.9 Å². The molecule has 0 spiro atoms. The van der Waals surface area contributed by atoms with E-state index in [0.717, 1.165) is 38.8 Å². The number of fused-ring (bicyclic) bond motifs is 1. The Morgan fingerprint density at radius 3 is 2.42 bits per heavy atom. The molecule has 3 aromatic heterocycles. The molecule has 172 valence electrons. The molecule has 2 saturated heterocycles. The first-order valence-corrected chi connectivity index (χ1v) is 11.6. The molecule has 33 heavy (non-hydrogen) atoms. The van der Waals surface area contributed by atoms with Gasteiger partial charge in [-0.1, -0.05) is 5.16 Å². The smallest absolute Gasteiger partial charge is 0.258 e. The number of carbonyl (C=O) groups is 2. The van der Waals surface area contributed by atoms with Gasteiger partial charge in [0, 0.05) is 44.0 Å². The summed E-state index contributed by atoms with van der Waals surface area (Å²) in [6.45, 7) is 8.33. The number of piperidine rings is 1. The summed E-state index contributed by atoms with van der Waals surface area (Å²) in [7, 11) is 0. The van der Waals surface area contributed by atoms with Crippen LogP contribution < -0.4 is 0 Å². The molecule has 9 nitrogen and oxygen atoms in total. The van der Waals surface area contributed by atoms with Gasteiger partial charge in [-0.15, -0.1) is 0 Å². The molecule has 0 unspecified atom stereocenters. The second-order valence-corrected chi connectivity index (χ2v) is 9.08. The average molecular weight is 449 g/mol. The average Bonchev–Trinajstić information content (AvgIpc) is 3.48. The van der Waals surface area contributed by atoms with Crippen molar-refractivity contribution >= 4 is 22.9 Å². The minimum absolute atomic E-state index is 0.0122. The quantitative estimate of drug-likeness (QED) is 0.606. The zero-order chi connectivity index (χ0) is 23.1. The molecule has 0 bridgehead atoms. The van der Waals surface area contributed by atoms with Gasteiger partial charge >= 0.3 is 0 Å². The fraction of sp³-hybridized carbons (Fsp3) is 0.500. The zero-order valence-electron chi connectivity index (χ0n) is 19.3. The van der Waals surface area contributed by atoms with Crippen molar-refractivity contribution < 1.29 is 14.1 Å². The maximum absolute atomic E-state index is 13.5. The maximum Gasteiger partial charge on any atom is 0.258 e. The van der Waals surface area contributed by atoms with Crippen LogP contribution in [-0.4, -0.2) is 67.9 Å². The predicted molar refractivity (Wildman–Crippen MR) is 121 cm³/mol. The van der Waals surface area contributed by atoms with Crippen LogP contribution in [0.25, 0.3) is 11.1 Å². The van der Waals surface area contributed by atoms with Gasteiger partial charge in [0.2, 0.25) is 0 Å². The molecule has 2 amide bonds. The van der Waals surface area contributed by atoms with Gasteiger partial charge in [0.1, 0.15) is 5.82 Å². The third kappa shape index (κ3) is 3.96. The van der Waals surface area contributed by atoms with Crippen LogP contribution in [0.15, 0.2) is 16.8 Å². The SMILES string of the molecule is Cc1cc(C(=O)N2CCC[C@@H](c3ncc(C(=O)N4CCCC4)c(C)n3)C2)c2c(C)noc2n1. The van der Waals surface area contributed by atoms with Crippen molar-refractivity contribution in [3.8, 4) is 0 Å². The molecule has 5 rings (SSSR count). The van der Waals surface area contributed by atoms with Crippen LogP contribution in [0.2, 0.25) is 0 Å². The first-order valence-electron chi connectivity index (χ1n) is 11.6. The molecule has 1 atom stereocenters. The topological polar surface area (TPSA) is 105 Å². The number of carbonyl (C=O) groups excluding carboxylic acids is 2. The van der Waals surface area contributed by atoms with E-state index in [1.54, 1.807) is 12.3 Å². The van der Waals surface area contributed by atoms with Crippen molar-refractivity contribution in [2.75, 3.05) is 26.2 Å². The first kappa shape index (κ1) is 21.5. The molecule has 0 aliphatic carbocycles. The molecule has 2 fully saturated rings. The summed E-state index contributed by atoms with van der Waals surface area (Å²) in [5.41, 5.74) is 3.61. The van der Waals surface area contributed by atoms with Gasteiger partial charge < -0.3 is 14.3 Å². The van der Waals surface area contributed by atoms with E-state index in [4.69, 9.17) is 9.51 Å². The van der Waals surface area contributed by atoms with E-state index in [2.05, 4.69) is 15.1 Å². The molecular formula is C24H28N6O3. The van der Waals surface area contributed by atoms with Crippen LogP contribution in [-0.2, 0) is 0 Å². The largest absolute Gasteiger partial charge is 0.339 e. The van der Waals surface area contributed by atoms with Gasteiger partial charge in [-0.05, 0) is 52.5 Å². The predicted octanol–water partition coefficient (Wildman–Crippen LogP) is 3.19. The standard InChI is InChI=1S/C24H28N6O3/c1-14-11-18(20-16(3)28-33-22(20)26-14)23(31)30-10-6-7-17(13-30)21-25-12-19(15(2)27-21)24(32)29-8-4-5-9-29/h11-12,17H,4-10,13H2,1-3H3/t17-/m1/s1. The monoisotopic (exact) mass is 448 g/mol. The Hall–Kier alpha value is -3.36. The summed E-state index contributed by atoms with van der Waals surface area (Å²) in [6.07, 6.45) is 5.53. The molecule has 3 aromatic rings. The second kappa shape index (κ2) is 8.53. The Morgan fingerprint density at radius 2 is 1.67 bits per heavy atom. The number of amides is 2. The highest BCUT2D eigenvalue weighted by atomic mass is 16.5. The van der Waals surface area contributed by atoms with E-state index in [0.29, 0.717) is 58.2 Å². The Kier molecular flexibility index (Phi) is 5.55. The van der Waals surface area contributed by atoms with Gasteiger partial charge in [-0.25, -0.2) is 15.0 Å². The highest BCUT2D eigenvalue weighted by Crippen LogP contribution is 2.29. The van der Waals surface area contributed by atoms with Gasteiger partial charge in [0.25, 0.3) is 17.5 Å². The van der Waals surface area contributed by atoms with Crippen LogP contribution in [0.3, 0.4) is 0 Å². The van der Waals surface area contributed by atoms with E-state index < -0.39 is 0 Å². The van der Waals surface area contributed by atoms with Gasteiger partial charge in [-0.2, -0.15) is 0 Å². The third-order valence-electron chi connectivity index (χ3n) is 6.67. The number of aromatic nitrogens is 4. The lowest BCUT2D eigenvalue weighted by molar-refractivity contribution is 0.0706. The van der Waals surface area contributed by atoms with Crippen molar-refractivity contribution in [1.82, 2.24) is 29.9 Å². The number of pyridine rings is 1. The van der Waals surface area contributed by atoms with Gasteiger partial charge in [0.15, 0.2) is 0 Å². The van der Waals surface area contributed by atoms with Crippen LogP contribution in [0.4, 0.5) is 0 Å². The van der Waals surface area contributed by atoms with Crippen molar-refractivity contribution in [3.05, 3.63) is 46.3 Å². The summed E-state index contributed by atoms with van der Waals surface area (Å²) < 4.78 is 5.30. The Labute approximate surface area is 192 Å². The Balaban J connectivity index is 1.37. The molecule has 0 saturated carbocycles. The summed E-state index contributed by atoms with van der Waals surface area (Å²) in [4.78, 5) is 43.6. The summed E-state index contributed by atoms with van der Waals surface area (Å²) in [5.74, 6) is 0.678. The molecule has 0 aromatic carbocycles. The van der Waals surface area contributed by atoms with Crippen LogP contribution in [0, 0.1) is 20.8 Å². The number of nitrogens with zero attached hydrogens (tertiary/aromatic N) is 6. The number of hydrogen-bond donors (Lipinski definition) is 0. The maximum atomic E-state index is 13.5. The van der Waals surface area contributed by atoms with Crippen molar-refractivity contribution in [1.29, 1.82) is 0 Å². The molecule has 0 N–H and O–H groups in total. The minimum atomic E-state index is -0.0564. The van der Waals surface area contributed by atoms with E-state index in [1.165, 1.54) is 0 Å². The molecule has 9 heteroatoms. The fourth-order valence-electron chi connectivity index (χ4n) is 4.91. The van der Waals surface area contributed by atoms with Crippen LogP contribution in [0.5, 0.6) is 0 Å². The lowest BCUT2D eigenvalue weighted by atomic mass is 9.95. The number of hydrogen-bond acceptors (Lipinski definition) is 7. The number of aryl methyl sites for hydroxylation is 3. The van der Waals surface area contributed by atoms with Crippen molar-refractivity contribution in [2.45, 2.75) is 52.4 Å². The van der Waals surface area contributed by atoms with E-state index >= 15 is 0 Å². The van der Waals surface area contributed by atoms with Crippen LogP contribution in [0.1, 0.15) is 75.2 Å². The van der Waals surface area contributed by atoms with Gasteiger partial charge in [-0.3, -0.25) is 9.59 Å². The number of likely N-dealkylation sites (tertiary alicyclic amines) is 2. The summed E-state index contributed by atoms with van der Waals surface area (Å²) >= 11 is 0. The molecule has 0 radical (unpaired) electrons. The lowest BCUT2D eigenvalue weighted by Crippen LogP contribution is -2.39. The molecular weight excluding hydrogens is 420 g/mol. The number of rotatable bonds is 3. The zero-order valence-corrected chi connectivity index (χ0v) is 19.3. The lowest BCUT2D eigenvalue weighted by Gasteiger charge is -2.32. The highest BCUT2D eigenvalue weighted by molar-refractivity contribution is 6.06. The normalized spacial score (nSPS) is 18.8.